The van der Waals surface area contributed by atoms with E-state index < -0.39 is 0 Å². The van der Waals surface area contributed by atoms with E-state index in [1.54, 1.807) is 7.11 Å². The Hall–Kier alpha value is -2.07. The van der Waals surface area contributed by atoms with Gasteiger partial charge >= 0.3 is 0 Å². The van der Waals surface area contributed by atoms with Crippen LogP contribution in [0.3, 0.4) is 0 Å². The summed E-state index contributed by atoms with van der Waals surface area (Å²) in [7, 11) is 1.68. The van der Waals surface area contributed by atoms with Crippen LogP contribution >= 0.6 is 0 Å². The molecule has 2 aromatic rings. The maximum absolute atomic E-state index is 5.66. The van der Waals surface area contributed by atoms with Crippen LogP contribution in [0.15, 0.2) is 30.5 Å². The minimum absolute atomic E-state index is 0.205. The largest absolute Gasteiger partial charge is 0.497 e. The molecule has 1 heterocycles. The van der Waals surface area contributed by atoms with Gasteiger partial charge in [-0.3, -0.25) is 4.98 Å². The predicted octanol–water partition coefficient (Wildman–Crippen LogP) is 3.38. The summed E-state index contributed by atoms with van der Waals surface area (Å²) in [6, 6.07) is 8.35. The zero-order chi connectivity index (χ0) is 16.1. The maximum Gasteiger partial charge on any atom is 0.118 e. The lowest BCUT2D eigenvalue weighted by molar-refractivity contribution is 0.414. The first kappa shape index (κ1) is 16.3. The second kappa shape index (κ2) is 7.27. The Labute approximate surface area is 132 Å². The molecule has 0 aliphatic rings. The van der Waals surface area contributed by atoms with Gasteiger partial charge in [0.1, 0.15) is 5.75 Å². The number of methoxy groups -OCH3 is 1. The smallest absolute Gasteiger partial charge is 0.118 e. The number of rotatable bonds is 6. The molecule has 1 aromatic heterocycles. The Kier molecular flexibility index (Phi) is 5.39. The van der Waals surface area contributed by atoms with Gasteiger partial charge in [-0.15, -0.1) is 0 Å². The number of nitrogens with one attached hydrogen (secondary N) is 1. The van der Waals surface area contributed by atoms with Gasteiger partial charge < -0.3 is 15.8 Å². The Bertz CT molecular complexity index is 623. The molecule has 1 aromatic carbocycles. The molecular weight excluding hydrogens is 274 g/mol. The van der Waals surface area contributed by atoms with Gasteiger partial charge in [-0.05, 0) is 56.1 Å². The number of ether oxygens (including phenoxy) is 1. The summed E-state index contributed by atoms with van der Waals surface area (Å²) in [5.74, 6) is 0.873. The number of aromatic nitrogens is 1. The van der Waals surface area contributed by atoms with Gasteiger partial charge in [0.2, 0.25) is 0 Å². The summed E-state index contributed by atoms with van der Waals surface area (Å²) >= 11 is 0. The van der Waals surface area contributed by atoms with Crippen molar-refractivity contribution in [3.63, 3.8) is 0 Å². The first-order chi connectivity index (χ1) is 10.6. The van der Waals surface area contributed by atoms with Gasteiger partial charge in [0.15, 0.2) is 0 Å². The maximum atomic E-state index is 5.66. The topological polar surface area (TPSA) is 60.2 Å². The third-order valence-electron chi connectivity index (χ3n) is 3.97. The summed E-state index contributed by atoms with van der Waals surface area (Å²) in [6.45, 7) is 6.96. The van der Waals surface area contributed by atoms with Crippen LogP contribution < -0.4 is 15.8 Å². The average Bonchev–Trinajstić information content (AvgIpc) is 2.54. The third kappa shape index (κ3) is 3.57. The molecule has 0 saturated carbocycles. The van der Waals surface area contributed by atoms with E-state index in [2.05, 4.69) is 43.2 Å². The second-order valence-electron chi connectivity index (χ2n) is 5.57. The number of hydrogen-bond donors (Lipinski definition) is 2. The van der Waals surface area contributed by atoms with E-state index in [9.17, 15) is 0 Å². The molecule has 0 bridgehead atoms. The second-order valence-corrected chi connectivity index (χ2v) is 5.57. The zero-order valence-corrected chi connectivity index (χ0v) is 13.8. The van der Waals surface area contributed by atoms with Crippen molar-refractivity contribution >= 4 is 5.69 Å². The van der Waals surface area contributed by atoms with Gasteiger partial charge in [-0.2, -0.15) is 0 Å². The molecule has 0 saturated heterocycles. The van der Waals surface area contributed by atoms with E-state index >= 15 is 0 Å². The van der Waals surface area contributed by atoms with Crippen LogP contribution in [-0.4, -0.2) is 18.6 Å². The molecular formula is C18H25N3O. The molecule has 22 heavy (non-hydrogen) atoms. The van der Waals surface area contributed by atoms with E-state index in [0.717, 1.165) is 29.1 Å². The van der Waals surface area contributed by atoms with Crippen molar-refractivity contribution < 1.29 is 4.74 Å². The fraction of sp³-hybridized carbons (Fsp3) is 0.389. The van der Waals surface area contributed by atoms with Crippen molar-refractivity contribution in [1.29, 1.82) is 0 Å². The van der Waals surface area contributed by atoms with Crippen LogP contribution in [0, 0.1) is 13.8 Å². The average molecular weight is 299 g/mol. The number of anilines is 1. The van der Waals surface area contributed by atoms with E-state index in [1.807, 2.05) is 18.3 Å². The summed E-state index contributed by atoms with van der Waals surface area (Å²) in [6.07, 6.45) is 2.72. The highest BCUT2D eigenvalue weighted by Crippen LogP contribution is 2.27. The molecule has 4 nitrogen and oxygen atoms in total. The molecule has 2 rings (SSSR count). The van der Waals surface area contributed by atoms with E-state index in [1.165, 1.54) is 11.1 Å². The molecule has 1 atom stereocenters. The molecule has 0 spiro atoms. The number of pyridine rings is 1. The number of nitrogens with two attached hydrogens (primary N) is 1. The summed E-state index contributed by atoms with van der Waals surface area (Å²) in [4.78, 5) is 4.49. The molecule has 0 aliphatic heterocycles. The van der Waals surface area contributed by atoms with Crippen molar-refractivity contribution in [2.24, 2.45) is 5.73 Å². The third-order valence-corrected chi connectivity index (χ3v) is 3.97. The first-order valence-corrected chi connectivity index (χ1v) is 7.62. The fourth-order valence-electron chi connectivity index (χ4n) is 2.58. The minimum Gasteiger partial charge on any atom is -0.497 e. The normalized spacial score (nSPS) is 12.0. The van der Waals surface area contributed by atoms with Crippen molar-refractivity contribution in [2.45, 2.75) is 33.2 Å². The van der Waals surface area contributed by atoms with Crippen molar-refractivity contribution in [3.05, 3.63) is 52.8 Å². The van der Waals surface area contributed by atoms with Crippen LogP contribution in [0.5, 0.6) is 5.75 Å². The lowest BCUT2D eigenvalue weighted by atomic mass is 10.0. The van der Waals surface area contributed by atoms with Crippen molar-refractivity contribution in [3.8, 4) is 5.75 Å². The lowest BCUT2D eigenvalue weighted by Crippen LogP contribution is -2.12. The standard InChI is InChI=1S/C18H25N3O/c1-12-11-20-17(9-10-19)13(2)18(12)21-14(3)15-5-7-16(22-4)8-6-15/h5-8,11,14H,9-10,19H2,1-4H3,(H,20,21). The number of benzene rings is 1. The van der Waals surface area contributed by atoms with Gasteiger partial charge in [-0.1, -0.05) is 12.1 Å². The van der Waals surface area contributed by atoms with Gasteiger partial charge in [-0.25, -0.2) is 0 Å². The summed E-state index contributed by atoms with van der Waals surface area (Å²) < 4.78 is 5.21. The van der Waals surface area contributed by atoms with E-state index in [4.69, 9.17) is 10.5 Å². The fourth-order valence-corrected chi connectivity index (χ4v) is 2.58. The monoisotopic (exact) mass is 299 g/mol. The van der Waals surface area contributed by atoms with Crippen molar-refractivity contribution in [1.82, 2.24) is 4.98 Å². The molecule has 3 N–H and O–H groups in total. The number of nitrogens with zero attached hydrogens (tertiary/aromatic N) is 1. The van der Waals surface area contributed by atoms with Crippen LogP contribution in [-0.2, 0) is 6.42 Å². The highest BCUT2D eigenvalue weighted by molar-refractivity contribution is 5.58. The lowest BCUT2D eigenvalue weighted by Gasteiger charge is -2.21. The van der Waals surface area contributed by atoms with Crippen LogP contribution in [0.2, 0.25) is 0 Å². The van der Waals surface area contributed by atoms with Crippen LogP contribution in [0.4, 0.5) is 5.69 Å². The highest BCUT2D eigenvalue weighted by Gasteiger charge is 2.12. The SMILES string of the molecule is COc1ccc(C(C)Nc2c(C)cnc(CCN)c2C)cc1. The molecule has 0 amide bonds. The molecule has 0 radical (unpaired) electrons. The Balaban J connectivity index is 2.23. The van der Waals surface area contributed by atoms with Crippen LogP contribution in [0.1, 0.15) is 35.3 Å². The Morgan fingerprint density at radius 2 is 1.91 bits per heavy atom. The molecule has 1 unspecified atom stereocenters. The molecule has 4 heteroatoms. The zero-order valence-electron chi connectivity index (χ0n) is 13.8. The van der Waals surface area contributed by atoms with E-state index in [0.29, 0.717) is 6.54 Å². The number of aryl methyl sites for hydroxylation is 1. The Morgan fingerprint density at radius 3 is 2.50 bits per heavy atom. The Morgan fingerprint density at radius 1 is 1.23 bits per heavy atom. The van der Waals surface area contributed by atoms with Gasteiger partial charge in [0.05, 0.1) is 7.11 Å². The predicted molar refractivity (Wildman–Crippen MR) is 91.5 cm³/mol. The quantitative estimate of drug-likeness (QED) is 0.858. The first-order valence-electron chi connectivity index (χ1n) is 7.62. The van der Waals surface area contributed by atoms with Gasteiger partial charge in [0, 0.05) is 30.0 Å². The molecule has 0 aliphatic carbocycles. The van der Waals surface area contributed by atoms with Gasteiger partial charge in [0.25, 0.3) is 0 Å². The summed E-state index contributed by atoms with van der Waals surface area (Å²) in [5.41, 5.74) is 11.4. The highest BCUT2D eigenvalue weighted by atomic mass is 16.5. The van der Waals surface area contributed by atoms with Crippen molar-refractivity contribution in [2.75, 3.05) is 19.0 Å². The molecule has 118 valence electrons. The van der Waals surface area contributed by atoms with E-state index in [-0.39, 0.29) is 6.04 Å². The minimum atomic E-state index is 0.205. The molecule has 0 fully saturated rings. The summed E-state index contributed by atoms with van der Waals surface area (Å²) in [5, 5.41) is 3.61. The number of hydrogen-bond acceptors (Lipinski definition) is 4. The van der Waals surface area contributed by atoms with Crippen LogP contribution in [0.25, 0.3) is 0 Å².